The lowest BCUT2D eigenvalue weighted by Crippen LogP contribution is -2.48. The maximum Gasteiger partial charge on any atom is 0.263 e. The molecule has 1 N–H and O–H groups in total. The van der Waals surface area contributed by atoms with Crippen molar-refractivity contribution in [2.75, 3.05) is 14.2 Å². The Kier molecular flexibility index (Phi) is 4.99. The topological polar surface area (TPSA) is 54.5 Å². The van der Waals surface area contributed by atoms with Gasteiger partial charge in [0.05, 0.1) is 12.6 Å². The second kappa shape index (κ2) is 6.86. The Morgan fingerprint density at radius 2 is 2.04 bits per heavy atom. The van der Waals surface area contributed by atoms with E-state index in [-0.39, 0.29) is 24.4 Å². The van der Waals surface area contributed by atoms with E-state index in [1.807, 2.05) is 18.2 Å². The number of ether oxygens (including phenoxy) is 1. The Morgan fingerprint density at radius 3 is 2.71 bits per heavy atom. The number of fused-ring (bicyclic) bond motifs is 3. The molecule has 2 aliphatic heterocycles. The van der Waals surface area contributed by atoms with Crippen molar-refractivity contribution in [3.8, 4) is 5.75 Å². The summed E-state index contributed by atoms with van der Waals surface area (Å²) in [4.78, 5) is 15.9. The largest absolute Gasteiger partial charge is 0.497 e. The van der Waals surface area contributed by atoms with Gasteiger partial charge in [-0.3, -0.25) is 4.79 Å². The number of carbonyl (C=O) groups excluding carboxylic acids is 1. The van der Waals surface area contributed by atoms with Crippen molar-refractivity contribution in [2.45, 2.75) is 43.8 Å². The molecule has 1 aromatic heterocycles. The molecule has 2 atom stereocenters. The van der Waals surface area contributed by atoms with E-state index in [4.69, 9.17) is 4.74 Å². The first-order valence-corrected chi connectivity index (χ1v) is 8.89. The fraction of sp³-hybridized carbons (Fsp3) is 0.529. The maximum absolute atomic E-state index is 12.7. The zero-order valence-electron chi connectivity index (χ0n) is 13.8. The molecule has 130 valence electrons. The monoisotopic (exact) mass is 367 g/mol. The summed E-state index contributed by atoms with van der Waals surface area (Å²) in [6.45, 7) is 0. The highest BCUT2D eigenvalue weighted by Gasteiger charge is 2.39. The number of rotatable bonds is 3. The predicted octanol–water partition coefficient (Wildman–Crippen LogP) is 3.08. The molecular formula is C17H22ClN3O2S. The van der Waals surface area contributed by atoms with E-state index in [0.717, 1.165) is 29.5 Å². The van der Waals surface area contributed by atoms with E-state index in [0.29, 0.717) is 17.0 Å². The molecule has 0 saturated carbocycles. The molecule has 2 aromatic rings. The van der Waals surface area contributed by atoms with Crippen LogP contribution in [0.2, 0.25) is 0 Å². The third-order valence-electron chi connectivity index (χ3n) is 5.32. The minimum absolute atomic E-state index is 0. The number of aromatic nitrogens is 1. The van der Waals surface area contributed by atoms with Crippen LogP contribution in [0.3, 0.4) is 0 Å². The zero-order valence-corrected chi connectivity index (χ0v) is 15.5. The van der Waals surface area contributed by atoms with Crippen LogP contribution in [0.4, 0.5) is 0 Å². The van der Waals surface area contributed by atoms with Crippen LogP contribution < -0.4 is 10.1 Å². The Balaban J connectivity index is 0.00000169. The molecule has 24 heavy (non-hydrogen) atoms. The molecule has 2 bridgehead atoms. The van der Waals surface area contributed by atoms with Crippen LogP contribution in [0.1, 0.15) is 35.4 Å². The van der Waals surface area contributed by atoms with Crippen LogP contribution in [0.15, 0.2) is 18.2 Å². The van der Waals surface area contributed by atoms with E-state index in [2.05, 4.69) is 21.6 Å². The Hall–Kier alpha value is -1.37. The van der Waals surface area contributed by atoms with Crippen molar-refractivity contribution >= 4 is 40.7 Å². The van der Waals surface area contributed by atoms with Crippen molar-refractivity contribution in [2.24, 2.45) is 0 Å². The molecule has 2 aliphatic rings. The molecular weight excluding hydrogens is 346 g/mol. The third kappa shape index (κ3) is 2.98. The fourth-order valence-corrected chi connectivity index (χ4v) is 4.75. The van der Waals surface area contributed by atoms with Gasteiger partial charge < -0.3 is 15.0 Å². The van der Waals surface area contributed by atoms with Crippen molar-refractivity contribution in [1.82, 2.24) is 14.6 Å². The first-order valence-electron chi connectivity index (χ1n) is 8.12. The van der Waals surface area contributed by atoms with Crippen LogP contribution in [0.5, 0.6) is 5.75 Å². The number of benzene rings is 1. The van der Waals surface area contributed by atoms with Crippen molar-refractivity contribution in [1.29, 1.82) is 0 Å². The fourth-order valence-electron chi connectivity index (χ4n) is 3.99. The lowest BCUT2D eigenvalue weighted by atomic mass is 9.98. The molecule has 0 aliphatic carbocycles. The first kappa shape index (κ1) is 17.5. The second-order valence-electron chi connectivity index (χ2n) is 6.59. The van der Waals surface area contributed by atoms with E-state index in [1.54, 1.807) is 7.11 Å². The number of carbonyl (C=O) groups is 1. The minimum Gasteiger partial charge on any atom is -0.497 e. The van der Waals surface area contributed by atoms with Crippen LogP contribution in [0, 0.1) is 0 Å². The van der Waals surface area contributed by atoms with E-state index < -0.39 is 0 Å². The summed E-state index contributed by atoms with van der Waals surface area (Å²) in [6.07, 6.45) is 4.64. The van der Waals surface area contributed by atoms with Crippen LogP contribution >= 0.6 is 23.9 Å². The average Bonchev–Trinajstić information content (AvgIpc) is 3.04. The van der Waals surface area contributed by atoms with Gasteiger partial charge in [-0.2, -0.15) is 4.37 Å². The molecule has 4 rings (SSSR count). The highest BCUT2D eigenvalue weighted by Crippen LogP contribution is 2.34. The van der Waals surface area contributed by atoms with Gasteiger partial charge in [-0.1, -0.05) is 0 Å². The average molecular weight is 368 g/mol. The summed E-state index contributed by atoms with van der Waals surface area (Å²) in [5.74, 6) is 0.776. The van der Waals surface area contributed by atoms with Gasteiger partial charge in [-0.05, 0) is 56.4 Å². The second-order valence-corrected chi connectivity index (χ2v) is 7.36. The zero-order chi connectivity index (χ0) is 16.0. The molecule has 2 unspecified atom stereocenters. The van der Waals surface area contributed by atoms with Crippen molar-refractivity contribution in [3.63, 3.8) is 0 Å². The molecule has 0 radical (unpaired) electrons. The van der Waals surface area contributed by atoms with Crippen molar-refractivity contribution in [3.05, 3.63) is 23.1 Å². The first-order chi connectivity index (χ1) is 11.2. The standard InChI is InChI=1S/C17H21N3O2S.ClH/c1-20-11-3-4-12(20)8-10(7-11)18-17(21)16-14-6-5-13(22-2)9-15(14)19-23-16;/h5-6,9-12H,3-4,7-8H2,1-2H3,(H,18,21);1H. The summed E-state index contributed by atoms with van der Waals surface area (Å²) in [5, 5.41) is 4.14. The number of amides is 1. The minimum atomic E-state index is 0. The number of nitrogens with zero attached hydrogens (tertiary/aromatic N) is 2. The van der Waals surface area contributed by atoms with E-state index in [9.17, 15) is 4.79 Å². The summed E-state index contributed by atoms with van der Waals surface area (Å²) in [6, 6.07) is 7.21. The molecule has 3 heterocycles. The smallest absolute Gasteiger partial charge is 0.263 e. The van der Waals surface area contributed by atoms with Gasteiger partial charge in [-0.25, -0.2) is 0 Å². The Morgan fingerprint density at radius 1 is 1.33 bits per heavy atom. The Labute approximate surface area is 151 Å². The van der Waals surface area contributed by atoms with E-state index >= 15 is 0 Å². The van der Waals surface area contributed by atoms with Gasteiger partial charge in [0.2, 0.25) is 0 Å². The van der Waals surface area contributed by atoms with Gasteiger partial charge >= 0.3 is 0 Å². The Bertz CT molecular complexity index is 737. The van der Waals surface area contributed by atoms with Gasteiger partial charge in [0.15, 0.2) is 0 Å². The molecule has 1 amide bonds. The third-order valence-corrected chi connectivity index (χ3v) is 6.20. The lowest BCUT2D eigenvalue weighted by molar-refractivity contribution is 0.0888. The molecule has 5 nitrogen and oxygen atoms in total. The maximum atomic E-state index is 12.7. The SMILES string of the molecule is COc1ccc2c(C(=O)NC3CC4CCC(C3)N4C)snc2c1.Cl. The summed E-state index contributed by atoms with van der Waals surface area (Å²) in [5.41, 5.74) is 0.822. The predicted molar refractivity (Wildman–Crippen MR) is 98.5 cm³/mol. The van der Waals surface area contributed by atoms with Crippen LogP contribution in [0.25, 0.3) is 10.9 Å². The molecule has 7 heteroatoms. The molecule has 2 fully saturated rings. The summed E-state index contributed by atoms with van der Waals surface area (Å²) in [7, 11) is 3.85. The highest BCUT2D eigenvalue weighted by atomic mass is 35.5. The molecule has 2 saturated heterocycles. The van der Waals surface area contributed by atoms with Crippen molar-refractivity contribution < 1.29 is 9.53 Å². The molecule has 0 spiro atoms. The summed E-state index contributed by atoms with van der Waals surface area (Å²) >= 11 is 1.27. The normalized spacial score (nSPS) is 26.2. The number of methoxy groups -OCH3 is 1. The van der Waals surface area contributed by atoms with Gasteiger partial charge in [0.25, 0.3) is 5.91 Å². The van der Waals surface area contributed by atoms with Crippen LogP contribution in [-0.4, -0.2) is 47.5 Å². The lowest BCUT2D eigenvalue weighted by Gasteiger charge is -2.36. The summed E-state index contributed by atoms with van der Waals surface area (Å²) < 4.78 is 9.60. The quantitative estimate of drug-likeness (QED) is 0.905. The van der Waals surface area contributed by atoms with Gasteiger partial charge in [-0.15, -0.1) is 12.4 Å². The van der Waals surface area contributed by atoms with Gasteiger partial charge in [0, 0.05) is 29.6 Å². The number of nitrogens with one attached hydrogen (secondary N) is 1. The number of halogens is 1. The molecule has 1 aromatic carbocycles. The van der Waals surface area contributed by atoms with E-state index in [1.165, 1.54) is 24.4 Å². The highest BCUT2D eigenvalue weighted by molar-refractivity contribution is 7.09. The number of piperidine rings is 1. The van der Waals surface area contributed by atoms with Crippen LogP contribution in [-0.2, 0) is 0 Å². The number of hydrogen-bond donors (Lipinski definition) is 1. The number of hydrogen-bond acceptors (Lipinski definition) is 5. The van der Waals surface area contributed by atoms with Gasteiger partial charge in [0.1, 0.15) is 10.6 Å².